The molecule has 0 spiro atoms. The number of aliphatic carboxylic acids is 3. The van der Waals surface area contributed by atoms with Gasteiger partial charge in [-0.1, -0.05) is 0 Å². The lowest BCUT2D eigenvalue weighted by atomic mass is 9.68. The van der Waals surface area contributed by atoms with Crippen LogP contribution in [0.2, 0.25) is 0 Å². The maximum atomic E-state index is 11.2. The van der Waals surface area contributed by atoms with Gasteiger partial charge in [0.05, 0.1) is 16.7 Å². The molecule has 1 rings (SSSR count). The molecule has 0 saturated heterocycles. The minimum absolute atomic E-state index is 0.152. The summed E-state index contributed by atoms with van der Waals surface area (Å²) in [6.45, 7) is 2.60. The van der Waals surface area contributed by atoms with Crippen molar-refractivity contribution in [3.8, 4) is 0 Å². The molecular weight excluding hydrogens is 216 g/mol. The average Bonchev–Trinajstić information content (AvgIpc) is 2.42. The molecule has 16 heavy (non-hydrogen) atoms. The lowest BCUT2D eigenvalue weighted by molar-refractivity contribution is -0.167. The molecule has 0 amide bonds. The third-order valence-electron chi connectivity index (χ3n) is 3.82. The van der Waals surface area contributed by atoms with E-state index in [1.54, 1.807) is 0 Å². The van der Waals surface area contributed by atoms with Crippen LogP contribution >= 0.6 is 0 Å². The van der Waals surface area contributed by atoms with Crippen LogP contribution in [0.25, 0.3) is 0 Å². The fourth-order valence-electron chi connectivity index (χ4n) is 2.33. The maximum absolute atomic E-state index is 11.2. The molecule has 0 aromatic heterocycles. The first-order valence-corrected chi connectivity index (χ1v) is 4.85. The number of carboxylic acids is 3. The van der Waals surface area contributed by atoms with Gasteiger partial charge in [0.1, 0.15) is 0 Å². The summed E-state index contributed by atoms with van der Waals surface area (Å²) in [6, 6.07) is 0. The van der Waals surface area contributed by atoms with Crippen LogP contribution < -0.4 is 0 Å². The third-order valence-corrected chi connectivity index (χ3v) is 3.82. The lowest BCUT2D eigenvalue weighted by Crippen LogP contribution is -2.44. The second-order valence-corrected chi connectivity index (χ2v) is 4.72. The maximum Gasteiger partial charge on any atom is 0.310 e. The zero-order valence-corrected chi connectivity index (χ0v) is 9.06. The highest BCUT2D eigenvalue weighted by Crippen LogP contribution is 2.55. The molecule has 0 radical (unpaired) electrons. The molecule has 0 aromatic carbocycles. The van der Waals surface area contributed by atoms with E-state index in [0.717, 1.165) is 0 Å². The number of rotatable bonds is 3. The second kappa shape index (κ2) is 3.47. The van der Waals surface area contributed by atoms with Gasteiger partial charge in [-0.3, -0.25) is 14.4 Å². The number of hydrogen-bond acceptors (Lipinski definition) is 3. The van der Waals surface area contributed by atoms with E-state index >= 15 is 0 Å². The minimum atomic E-state index is -1.54. The van der Waals surface area contributed by atoms with Gasteiger partial charge < -0.3 is 15.3 Å². The Morgan fingerprint density at radius 1 is 0.938 bits per heavy atom. The highest BCUT2D eigenvalue weighted by atomic mass is 16.4. The molecule has 0 heterocycles. The van der Waals surface area contributed by atoms with Gasteiger partial charge in [-0.25, -0.2) is 0 Å². The second-order valence-electron chi connectivity index (χ2n) is 4.72. The Morgan fingerprint density at radius 3 is 1.44 bits per heavy atom. The molecule has 2 atom stereocenters. The van der Waals surface area contributed by atoms with Gasteiger partial charge >= 0.3 is 17.9 Å². The summed E-state index contributed by atoms with van der Waals surface area (Å²) in [5.74, 6) is -4.58. The zero-order chi connectivity index (χ0) is 12.7. The van der Waals surface area contributed by atoms with Gasteiger partial charge in [-0.2, -0.15) is 0 Å². The largest absolute Gasteiger partial charge is 0.481 e. The Labute approximate surface area is 91.9 Å². The molecule has 1 fully saturated rings. The van der Waals surface area contributed by atoms with E-state index in [1.807, 2.05) is 0 Å². The molecule has 2 unspecified atom stereocenters. The Morgan fingerprint density at radius 2 is 1.25 bits per heavy atom. The summed E-state index contributed by atoms with van der Waals surface area (Å²) in [5, 5.41) is 27.1. The molecule has 1 aliphatic carbocycles. The molecule has 1 aliphatic rings. The zero-order valence-electron chi connectivity index (χ0n) is 9.06. The van der Waals surface area contributed by atoms with Crippen molar-refractivity contribution in [1.29, 1.82) is 0 Å². The third kappa shape index (κ3) is 1.45. The van der Waals surface area contributed by atoms with E-state index in [2.05, 4.69) is 0 Å². The van der Waals surface area contributed by atoms with Gasteiger partial charge in [0.15, 0.2) is 0 Å². The Balaban J connectivity index is 3.21. The summed E-state index contributed by atoms with van der Waals surface area (Å²) < 4.78 is 0. The predicted molar refractivity (Wildman–Crippen MR) is 51.8 cm³/mol. The fraction of sp³-hybridized carbons (Fsp3) is 0.700. The van der Waals surface area contributed by atoms with Gasteiger partial charge in [-0.05, 0) is 26.7 Å². The number of carboxylic acid groups (broad SMARTS) is 3. The van der Waals surface area contributed by atoms with Crippen LogP contribution in [0.1, 0.15) is 26.7 Å². The Kier molecular flexibility index (Phi) is 2.70. The molecule has 6 heteroatoms. The van der Waals surface area contributed by atoms with Gasteiger partial charge in [0.2, 0.25) is 0 Å². The first-order valence-electron chi connectivity index (χ1n) is 4.85. The molecule has 3 N–H and O–H groups in total. The molecule has 0 aliphatic heterocycles. The van der Waals surface area contributed by atoms with Crippen molar-refractivity contribution in [2.75, 3.05) is 0 Å². The van der Waals surface area contributed by atoms with E-state index in [1.165, 1.54) is 13.8 Å². The highest BCUT2D eigenvalue weighted by Gasteiger charge is 2.62. The monoisotopic (exact) mass is 230 g/mol. The average molecular weight is 230 g/mol. The van der Waals surface area contributed by atoms with E-state index in [-0.39, 0.29) is 12.8 Å². The summed E-state index contributed by atoms with van der Waals surface area (Å²) in [5.41, 5.74) is -3.08. The van der Waals surface area contributed by atoms with Crippen molar-refractivity contribution in [3.63, 3.8) is 0 Å². The summed E-state index contributed by atoms with van der Waals surface area (Å²) in [4.78, 5) is 33.1. The SMILES string of the molecule is CC1(C(=O)O)CC(C(=O)O)CC1(C)C(=O)O. The highest BCUT2D eigenvalue weighted by molar-refractivity contribution is 5.88. The van der Waals surface area contributed by atoms with E-state index in [4.69, 9.17) is 15.3 Å². The van der Waals surface area contributed by atoms with Crippen molar-refractivity contribution >= 4 is 17.9 Å². The van der Waals surface area contributed by atoms with Crippen molar-refractivity contribution in [1.82, 2.24) is 0 Å². The Bertz CT molecular complexity index is 334. The number of hydrogen-bond donors (Lipinski definition) is 3. The first kappa shape index (κ1) is 12.5. The summed E-state index contributed by atoms with van der Waals surface area (Å²) in [7, 11) is 0. The van der Waals surface area contributed by atoms with E-state index in [0.29, 0.717) is 0 Å². The standard InChI is InChI=1S/C10H14O6/c1-9(7(13)14)3-5(6(11)12)4-10(9,2)8(15)16/h5H,3-4H2,1-2H3,(H,11,12)(H,13,14)(H,15,16). The van der Waals surface area contributed by atoms with Gasteiger partial charge in [0, 0.05) is 0 Å². The van der Waals surface area contributed by atoms with Crippen LogP contribution in [0.4, 0.5) is 0 Å². The lowest BCUT2D eigenvalue weighted by Gasteiger charge is -2.33. The normalized spacial score (nSPS) is 38.2. The topological polar surface area (TPSA) is 112 Å². The number of carbonyl (C=O) groups is 3. The van der Waals surface area contributed by atoms with Gasteiger partial charge in [0.25, 0.3) is 0 Å². The first-order chi connectivity index (χ1) is 7.15. The quantitative estimate of drug-likeness (QED) is 0.656. The summed E-state index contributed by atoms with van der Waals surface area (Å²) in [6.07, 6.45) is -0.305. The van der Waals surface area contributed by atoms with Crippen LogP contribution in [0.15, 0.2) is 0 Å². The molecule has 0 bridgehead atoms. The van der Waals surface area contributed by atoms with E-state index in [9.17, 15) is 14.4 Å². The molecule has 1 saturated carbocycles. The van der Waals surface area contributed by atoms with E-state index < -0.39 is 34.7 Å². The predicted octanol–water partition coefficient (Wildman–Crippen LogP) is 0.663. The molecule has 0 aromatic rings. The molecule has 90 valence electrons. The Hall–Kier alpha value is -1.59. The van der Waals surface area contributed by atoms with Crippen molar-refractivity contribution < 1.29 is 29.7 Å². The van der Waals surface area contributed by atoms with Crippen LogP contribution in [0.3, 0.4) is 0 Å². The molecular formula is C10H14O6. The molecule has 6 nitrogen and oxygen atoms in total. The van der Waals surface area contributed by atoms with Crippen molar-refractivity contribution in [3.05, 3.63) is 0 Å². The van der Waals surface area contributed by atoms with Crippen molar-refractivity contribution in [2.45, 2.75) is 26.7 Å². The van der Waals surface area contributed by atoms with Crippen molar-refractivity contribution in [2.24, 2.45) is 16.7 Å². The van der Waals surface area contributed by atoms with Crippen LogP contribution in [0, 0.1) is 16.7 Å². The smallest absolute Gasteiger partial charge is 0.310 e. The minimum Gasteiger partial charge on any atom is -0.481 e. The fourth-order valence-corrected chi connectivity index (χ4v) is 2.33. The van der Waals surface area contributed by atoms with Crippen LogP contribution in [-0.2, 0) is 14.4 Å². The van der Waals surface area contributed by atoms with Crippen LogP contribution in [0.5, 0.6) is 0 Å². The van der Waals surface area contributed by atoms with Crippen LogP contribution in [-0.4, -0.2) is 33.2 Å². The summed E-state index contributed by atoms with van der Waals surface area (Å²) >= 11 is 0. The van der Waals surface area contributed by atoms with Gasteiger partial charge in [-0.15, -0.1) is 0 Å².